The predicted octanol–water partition coefficient (Wildman–Crippen LogP) is 1.46. The van der Waals surface area contributed by atoms with Crippen molar-refractivity contribution >= 4 is 11.8 Å². The van der Waals surface area contributed by atoms with Crippen molar-refractivity contribution in [1.29, 1.82) is 0 Å². The normalized spacial score (nSPS) is 31.4. The Morgan fingerprint density at radius 1 is 1.46 bits per heavy atom. The Morgan fingerprint density at radius 3 is 3.00 bits per heavy atom. The largest absolute Gasteiger partial charge is 0.497 e. The van der Waals surface area contributed by atoms with Crippen LogP contribution >= 0.6 is 0 Å². The zero-order valence-corrected chi connectivity index (χ0v) is 15.3. The van der Waals surface area contributed by atoms with Gasteiger partial charge in [-0.15, -0.1) is 0 Å². The van der Waals surface area contributed by atoms with Crippen molar-refractivity contribution in [2.24, 2.45) is 11.8 Å². The molecule has 6 heteroatoms. The number of fused-ring (bicyclic) bond motifs is 1. The monoisotopic (exact) mass is 356 g/mol. The van der Waals surface area contributed by atoms with Crippen molar-refractivity contribution in [2.75, 3.05) is 27.2 Å². The highest BCUT2D eigenvalue weighted by Crippen LogP contribution is 2.52. The van der Waals surface area contributed by atoms with E-state index in [2.05, 4.69) is 0 Å². The topological polar surface area (TPSA) is 59.1 Å². The molecule has 4 atom stereocenters. The van der Waals surface area contributed by atoms with Gasteiger partial charge in [-0.3, -0.25) is 9.59 Å². The summed E-state index contributed by atoms with van der Waals surface area (Å²) in [6, 6.07) is 7.70. The number of carbonyl (C=O) groups excluding carboxylic acids is 2. The number of carbonyl (C=O) groups is 2. The quantitative estimate of drug-likeness (QED) is 0.750. The van der Waals surface area contributed by atoms with Gasteiger partial charge in [0, 0.05) is 20.1 Å². The zero-order chi connectivity index (χ0) is 18.5. The molecule has 2 saturated heterocycles. The summed E-state index contributed by atoms with van der Waals surface area (Å²) in [7, 11) is 3.40. The summed E-state index contributed by atoms with van der Waals surface area (Å²) in [5.74, 6) is -0.0904. The molecule has 2 unspecified atom stereocenters. The van der Waals surface area contributed by atoms with E-state index < -0.39 is 17.4 Å². The molecule has 1 aromatic rings. The highest BCUT2D eigenvalue weighted by Gasteiger charge is 2.66. The molecule has 0 aliphatic carbocycles. The van der Waals surface area contributed by atoms with Gasteiger partial charge in [-0.05, 0) is 24.6 Å². The minimum absolute atomic E-state index is 0.00234. The predicted molar refractivity (Wildman–Crippen MR) is 95.4 cm³/mol. The number of hydrogen-bond donors (Lipinski definition) is 0. The molecule has 0 N–H and O–H groups in total. The molecule has 3 aliphatic rings. The molecule has 2 bridgehead atoms. The summed E-state index contributed by atoms with van der Waals surface area (Å²) < 4.78 is 11.4. The van der Waals surface area contributed by atoms with Crippen molar-refractivity contribution in [3.8, 4) is 5.75 Å². The van der Waals surface area contributed by atoms with Gasteiger partial charge in [-0.2, -0.15) is 0 Å². The van der Waals surface area contributed by atoms with E-state index in [1.807, 2.05) is 43.3 Å². The third kappa shape index (κ3) is 2.43. The fourth-order valence-electron chi connectivity index (χ4n) is 4.40. The minimum Gasteiger partial charge on any atom is -0.497 e. The van der Waals surface area contributed by atoms with E-state index in [1.54, 1.807) is 24.0 Å². The standard InChI is InChI=1S/C20H24N2O4/c1-4-21(2)18(23)16-15-8-9-20(26-15)12-22(19(24)17(16)20)11-13-6-5-7-14(10-13)25-3/h5-10,15-17H,4,11-12H2,1-3H3/t15-,16?,17?,20-/m0/s1. The van der Waals surface area contributed by atoms with Crippen molar-refractivity contribution in [3.63, 3.8) is 0 Å². The third-order valence-corrected chi connectivity index (χ3v) is 5.82. The van der Waals surface area contributed by atoms with Crippen LogP contribution in [0.1, 0.15) is 12.5 Å². The molecule has 0 saturated carbocycles. The Bertz CT molecular complexity index is 777. The van der Waals surface area contributed by atoms with Crippen LogP contribution in [0.25, 0.3) is 0 Å². The maximum Gasteiger partial charge on any atom is 0.230 e. The Kier molecular flexibility index (Phi) is 4.03. The van der Waals surface area contributed by atoms with Gasteiger partial charge in [0.1, 0.15) is 11.4 Å². The molecule has 1 spiro atoms. The summed E-state index contributed by atoms with van der Waals surface area (Å²) in [5.41, 5.74) is 0.344. The first-order valence-electron chi connectivity index (χ1n) is 9.03. The number of ether oxygens (including phenoxy) is 2. The fraction of sp³-hybridized carbons (Fsp3) is 0.500. The molecule has 2 amide bonds. The first-order chi connectivity index (χ1) is 12.5. The van der Waals surface area contributed by atoms with Gasteiger partial charge in [0.25, 0.3) is 0 Å². The van der Waals surface area contributed by atoms with Crippen LogP contribution in [0, 0.1) is 11.8 Å². The summed E-state index contributed by atoms with van der Waals surface area (Å²) in [5, 5.41) is 0. The Balaban J connectivity index is 1.59. The highest BCUT2D eigenvalue weighted by molar-refractivity contribution is 5.93. The molecule has 0 aromatic heterocycles. The summed E-state index contributed by atoms with van der Waals surface area (Å²) in [6.45, 7) is 3.53. The van der Waals surface area contributed by atoms with Gasteiger partial charge in [-0.1, -0.05) is 24.3 Å². The highest BCUT2D eigenvalue weighted by atomic mass is 16.5. The van der Waals surface area contributed by atoms with E-state index in [0.29, 0.717) is 19.6 Å². The van der Waals surface area contributed by atoms with E-state index in [9.17, 15) is 9.59 Å². The van der Waals surface area contributed by atoms with Gasteiger partial charge in [-0.25, -0.2) is 0 Å². The Labute approximate surface area is 153 Å². The molecule has 0 radical (unpaired) electrons. The summed E-state index contributed by atoms with van der Waals surface area (Å²) in [4.78, 5) is 29.5. The lowest BCUT2D eigenvalue weighted by Crippen LogP contribution is -2.44. The molecule has 26 heavy (non-hydrogen) atoms. The second-order valence-electron chi connectivity index (χ2n) is 7.30. The lowest BCUT2D eigenvalue weighted by atomic mass is 9.76. The number of likely N-dealkylation sites (tertiary alicyclic amines) is 1. The van der Waals surface area contributed by atoms with E-state index in [4.69, 9.17) is 9.47 Å². The average molecular weight is 356 g/mol. The molecule has 3 aliphatic heterocycles. The van der Waals surface area contributed by atoms with E-state index in [1.165, 1.54) is 0 Å². The molecule has 138 valence electrons. The van der Waals surface area contributed by atoms with Gasteiger partial charge in [0.15, 0.2) is 0 Å². The first-order valence-corrected chi connectivity index (χ1v) is 9.03. The number of hydrogen-bond acceptors (Lipinski definition) is 4. The van der Waals surface area contributed by atoms with Crippen molar-refractivity contribution in [2.45, 2.75) is 25.2 Å². The van der Waals surface area contributed by atoms with E-state index in [0.717, 1.165) is 11.3 Å². The maximum absolute atomic E-state index is 13.2. The number of nitrogens with zero attached hydrogens (tertiary/aromatic N) is 2. The zero-order valence-electron chi connectivity index (χ0n) is 15.3. The molecule has 4 rings (SSSR count). The van der Waals surface area contributed by atoms with Crippen molar-refractivity contribution in [1.82, 2.24) is 9.80 Å². The lowest BCUT2D eigenvalue weighted by molar-refractivity contribution is -0.142. The average Bonchev–Trinajstić information content (AvgIpc) is 3.29. The lowest BCUT2D eigenvalue weighted by Gasteiger charge is -2.27. The number of benzene rings is 1. The molecular weight excluding hydrogens is 332 g/mol. The van der Waals surface area contributed by atoms with Crippen LogP contribution in [0.15, 0.2) is 36.4 Å². The number of amides is 2. The second-order valence-corrected chi connectivity index (χ2v) is 7.30. The van der Waals surface area contributed by atoms with Crippen molar-refractivity contribution in [3.05, 3.63) is 42.0 Å². The van der Waals surface area contributed by atoms with Crippen LogP contribution in [-0.2, 0) is 20.9 Å². The molecule has 2 fully saturated rings. The SMILES string of the molecule is CCN(C)C(=O)C1C2C(=O)N(Cc3cccc(OC)c3)C[C@@]23C=C[C@@H]1O3. The maximum atomic E-state index is 13.2. The fourth-order valence-corrected chi connectivity index (χ4v) is 4.40. The molecule has 3 heterocycles. The summed E-state index contributed by atoms with van der Waals surface area (Å²) in [6.07, 6.45) is 3.65. The number of rotatable bonds is 5. The van der Waals surface area contributed by atoms with Crippen LogP contribution in [0.2, 0.25) is 0 Å². The van der Waals surface area contributed by atoms with Gasteiger partial charge in [0.05, 0.1) is 31.6 Å². The van der Waals surface area contributed by atoms with Crippen LogP contribution in [0.5, 0.6) is 5.75 Å². The summed E-state index contributed by atoms with van der Waals surface area (Å²) >= 11 is 0. The molecule has 1 aromatic carbocycles. The van der Waals surface area contributed by atoms with Gasteiger partial charge >= 0.3 is 0 Å². The first kappa shape index (κ1) is 17.1. The van der Waals surface area contributed by atoms with Gasteiger partial charge in [0.2, 0.25) is 11.8 Å². The second kappa shape index (κ2) is 6.13. The van der Waals surface area contributed by atoms with Crippen molar-refractivity contribution < 1.29 is 19.1 Å². The Hall–Kier alpha value is -2.34. The van der Waals surface area contributed by atoms with E-state index in [-0.39, 0.29) is 17.9 Å². The smallest absolute Gasteiger partial charge is 0.230 e. The molecular formula is C20H24N2O4. The molecule has 6 nitrogen and oxygen atoms in total. The Morgan fingerprint density at radius 2 is 2.27 bits per heavy atom. The van der Waals surface area contributed by atoms with Crippen LogP contribution < -0.4 is 4.74 Å². The van der Waals surface area contributed by atoms with Crippen LogP contribution in [-0.4, -0.2) is 60.6 Å². The number of methoxy groups -OCH3 is 1. The third-order valence-electron chi connectivity index (χ3n) is 5.82. The van der Waals surface area contributed by atoms with E-state index >= 15 is 0 Å². The van der Waals surface area contributed by atoms with Gasteiger partial charge < -0.3 is 19.3 Å². The van der Waals surface area contributed by atoms with Crippen LogP contribution in [0.4, 0.5) is 0 Å². The minimum atomic E-state index is -0.657. The van der Waals surface area contributed by atoms with Crippen LogP contribution in [0.3, 0.4) is 0 Å².